The average Bonchev–Trinajstić information content (AvgIpc) is 3.60. The van der Waals surface area contributed by atoms with Crippen molar-refractivity contribution in [2.24, 2.45) is 22.6 Å². The smallest absolute Gasteiger partial charge is 0.435 e. The first-order valence-electron chi connectivity index (χ1n) is 11.2. The second kappa shape index (κ2) is 9.89. The van der Waals surface area contributed by atoms with Gasteiger partial charge in [0.05, 0.1) is 11.7 Å². The van der Waals surface area contributed by atoms with Gasteiger partial charge in [-0.15, -0.1) is 10.2 Å². The van der Waals surface area contributed by atoms with Gasteiger partial charge in [0.1, 0.15) is 6.61 Å². The minimum Gasteiger partial charge on any atom is -0.474 e. The van der Waals surface area contributed by atoms with Gasteiger partial charge in [-0.1, -0.05) is 24.3 Å². The van der Waals surface area contributed by atoms with Gasteiger partial charge in [0.15, 0.2) is 5.69 Å². The highest BCUT2D eigenvalue weighted by molar-refractivity contribution is 6.00. The molecule has 1 aliphatic heterocycles. The monoisotopic (exact) mass is 485 g/mol. The summed E-state index contributed by atoms with van der Waals surface area (Å²) in [6.07, 6.45) is 1.66. The molecule has 2 N–H and O–H groups in total. The number of aliphatic imine (C=N–C) groups is 1. The molecule has 3 atom stereocenters. The van der Waals surface area contributed by atoms with Crippen molar-refractivity contribution in [2.45, 2.75) is 32.0 Å². The average molecular weight is 486 g/mol. The predicted molar refractivity (Wildman–Crippen MR) is 126 cm³/mol. The first kappa shape index (κ1) is 24.4. The van der Waals surface area contributed by atoms with Crippen LogP contribution >= 0.6 is 0 Å². The van der Waals surface area contributed by atoms with Crippen molar-refractivity contribution in [1.29, 1.82) is 0 Å². The fourth-order valence-corrected chi connectivity index (χ4v) is 4.33. The number of aryl methyl sites for hydroxylation is 1. The van der Waals surface area contributed by atoms with E-state index in [0.717, 1.165) is 30.5 Å². The number of halogens is 3. The predicted octanol–water partition coefficient (Wildman–Crippen LogP) is 4.25. The summed E-state index contributed by atoms with van der Waals surface area (Å²) in [5.74, 6) is 0.790. The van der Waals surface area contributed by atoms with Crippen LogP contribution in [0.15, 0.2) is 54.2 Å². The van der Waals surface area contributed by atoms with E-state index >= 15 is 0 Å². The third-order valence-electron chi connectivity index (χ3n) is 6.27. The molecule has 1 saturated carbocycles. The quantitative estimate of drug-likeness (QED) is 0.592. The van der Waals surface area contributed by atoms with E-state index in [1.54, 1.807) is 11.0 Å². The van der Waals surface area contributed by atoms with Crippen LogP contribution in [0, 0.1) is 18.8 Å². The SMILES string of the molecule is C=C(/N=C\C=C/N)c1ccc(C)cc1C(=O)N1CC2C[C@@H]2C[C@H]1COc1ccc(C(F)(F)F)nn1. The van der Waals surface area contributed by atoms with Crippen LogP contribution in [0.1, 0.15) is 40.0 Å². The number of benzene rings is 1. The normalized spacial score (nSPS) is 21.8. The summed E-state index contributed by atoms with van der Waals surface area (Å²) >= 11 is 0. The summed E-state index contributed by atoms with van der Waals surface area (Å²) in [6, 6.07) is 7.25. The van der Waals surface area contributed by atoms with Crippen molar-refractivity contribution in [3.8, 4) is 5.88 Å². The first-order valence-corrected chi connectivity index (χ1v) is 11.2. The molecule has 4 rings (SSSR count). The lowest BCUT2D eigenvalue weighted by molar-refractivity contribution is -0.141. The number of allylic oxidation sites excluding steroid dienone is 1. The van der Waals surface area contributed by atoms with E-state index < -0.39 is 11.9 Å². The molecule has 2 fully saturated rings. The molecule has 1 saturated heterocycles. The molecular formula is C25H26F3N5O2. The van der Waals surface area contributed by atoms with Crippen LogP contribution in [0.4, 0.5) is 13.2 Å². The summed E-state index contributed by atoms with van der Waals surface area (Å²) in [7, 11) is 0. The Labute approximate surface area is 201 Å². The number of likely N-dealkylation sites (tertiary alicyclic amines) is 1. The molecule has 2 aromatic rings. The van der Waals surface area contributed by atoms with E-state index in [0.29, 0.717) is 35.2 Å². The zero-order chi connectivity index (χ0) is 25.2. The van der Waals surface area contributed by atoms with Crippen molar-refractivity contribution in [2.75, 3.05) is 13.2 Å². The second-order valence-electron chi connectivity index (χ2n) is 8.83. The largest absolute Gasteiger partial charge is 0.474 e. The molecule has 35 heavy (non-hydrogen) atoms. The van der Waals surface area contributed by atoms with Gasteiger partial charge in [0.2, 0.25) is 5.88 Å². The number of ether oxygens (including phenoxy) is 1. The number of nitrogens with two attached hydrogens (primary N) is 1. The van der Waals surface area contributed by atoms with E-state index in [2.05, 4.69) is 21.8 Å². The molecule has 1 amide bonds. The maximum atomic E-state index is 13.7. The maximum absolute atomic E-state index is 13.7. The van der Waals surface area contributed by atoms with Crippen LogP contribution < -0.4 is 10.5 Å². The molecule has 1 aromatic heterocycles. The van der Waals surface area contributed by atoms with Gasteiger partial charge in [0.25, 0.3) is 5.91 Å². The molecule has 0 spiro atoms. The number of carbonyl (C=O) groups excluding carboxylic acids is 1. The minimum absolute atomic E-state index is 0.0183. The number of hydrogen-bond donors (Lipinski definition) is 1. The highest BCUT2D eigenvalue weighted by Crippen LogP contribution is 2.47. The van der Waals surface area contributed by atoms with Gasteiger partial charge < -0.3 is 15.4 Å². The van der Waals surface area contributed by atoms with Gasteiger partial charge in [-0.2, -0.15) is 13.2 Å². The van der Waals surface area contributed by atoms with Crippen LogP contribution in [0.5, 0.6) is 5.88 Å². The highest BCUT2D eigenvalue weighted by atomic mass is 19.4. The zero-order valence-electron chi connectivity index (χ0n) is 19.2. The number of aromatic nitrogens is 2. The molecule has 1 aliphatic carbocycles. The van der Waals surface area contributed by atoms with Crippen molar-refractivity contribution in [3.63, 3.8) is 0 Å². The highest BCUT2D eigenvalue weighted by Gasteiger charge is 2.47. The molecular weight excluding hydrogens is 459 g/mol. The van der Waals surface area contributed by atoms with Crippen molar-refractivity contribution in [3.05, 3.63) is 71.6 Å². The van der Waals surface area contributed by atoms with Crippen LogP contribution in [0.25, 0.3) is 5.70 Å². The zero-order valence-corrected chi connectivity index (χ0v) is 19.2. The summed E-state index contributed by atoms with van der Waals surface area (Å²) in [4.78, 5) is 19.8. The van der Waals surface area contributed by atoms with E-state index in [4.69, 9.17) is 10.5 Å². The van der Waals surface area contributed by atoms with Gasteiger partial charge in [-0.25, -0.2) is 0 Å². The van der Waals surface area contributed by atoms with E-state index in [1.807, 2.05) is 25.1 Å². The summed E-state index contributed by atoms with van der Waals surface area (Å²) < 4.78 is 43.9. The third-order valence-corrected chi connectivity index (χ3v) is 6.27. The number of amides is 1. The molecule has 2 heterocycles. The standard InChI is InChI=1S/C25H26F3N5O2/c1-15-4-5-20(16(2)30-9-3-8-29)21(10-15)24(34)33-13-18-11-17(18)12-19(33)14-35-23-7-6-22(31-32-23)25(26,27)28/h3-10,17-19H,2,11-14,29H2,1H3/b8-3-,30-9-/t17-,18?,19+/m1/s1. The third kappa shape index (κ3) is 5.70. The Morgan fingerprint density at radius 1 is 1.23 bits per heavy atom. The number of fused-ring (bicyclic) bond motifs is 1. The fraction of sp³-hybridized carbons (Fsp3) is 0.360. The topological polar surface area (TPSA) is 93.7 Å². The summed E-state index contributed by atoms with van der Waals surface area (Å²) in [5, 5.41) is 6.73. The number of rotatable bonds is 7. The van der Waals surface area contributed by atoms with Crippen LogP contribution in [-0.2, 0) is 6.18 Å². The molecule has 1 aromatic carbocycles. The van der Waals surface area contributed by atoms with Crippen LogP contribution in [0.3, 0.4) is 0 Å². The van der Waals surface area contributed by atoms with Crippen molar-refractivity contribution < 1.29 is 22.7 Å². The lowest BCUT2D eigenvalue weighted by Crippen LogP contribution is -2.48. The second-order valence-corrected chi connectivity index (χ2v) is 8.83. The molecule has 10 heteroatoms. The Kier molecular flexibility index (Phi) is 6.90. The summed E-state index contributed by atoms with van der Waals surface area (Å²) in [5.41, 5.74) is 6.72. The Bertz CT molecular complexity index is 1160. The Morgan fingerprint density at radius 2 is 2.03 bits per heavy atom. The van der Waals surface area contributed by atoms with Crippen LogP contribution in [-0.4, -0.2) is 46.4 Å². The lowest BCUT2D eigenvalue weighted by Gasteiger charge is -2.35. The molecule has 184 valence electrons. The number of alkyl halides is 3. The Morgan fingerprint density at radius 3 is 2.71 bits per heavy atom. The Balaban J connectivity index is 1.53. The van der Waals surface area contributed by atoms with Gasteiger partial charge >= 0.3 is 6.18 Å². The first-order chi connectivity index (χ1) is 16.7. The summed E-state index contributed by atoms with van der Waals surface area (Å²) in [6.45, 7) is 6.60. The van der Waals surface area contributed by atoms with E-state index in [9.17, 15) is 18.0 Å². The maximum Gasteiger partial charge on any atom is 0.435 e. The lowest BCUT2D eigenvalue weighted by atomic mass is 9.97. The van der Waals surface area contributed by atoms with Gasteiger partial charge in [-0.05, 0) is 56.0 Å². The molecule has 1 unspecified atom stereocenters. The van der Waals surface area contributed by atoms with Gasteiger partial charge in [-0.3, -0.25) is 9.79 Å². The van der Waals surface area contributed by atoms with E-state index in [1.165, 1.54) is 12.4 Å². The van der Waals surface area contributed by atoms with Crippen molar-refractivity contribution >= 4 is 17.8 Å². The minimum atomic E-state index is -4.57. The van der Waals surface area contributed by atoms with Gasteiger partial charge in [0, 0.05) is 30.0 Å². The molecule has 0 radical (unpaired) electrons. The van der Waals surface area contributed by atoms with Crippen LogP contribution in [0.2, 0.25) is 0 Å². The van der Waals surface area contributed by atoms with Crippen molar-refractivity contribution in [1.82, 2.24) is 15.1 Å². The molecule has 7 nitrogen and oxygen atoms in total. The molecule has 0 bridgehead atoms. The number of nitrogens with zero attached hydrogens (tertiary/aromatic N) is 4. The Hall–Kier alpha value is -3.69. The number of carbonyl (C=O) groups is 1. The number of hydrogen-bond acceptors (Lipinski definition) is 6. The number of piperidine rings is 1. The van der Waals surface area contributed by atoms with E-state index in [-0.39, 0.29) is 24.4 Å². The fourth-order valence-electron chi connectivity index (χ4n) is 4.33. The molecule has 2 aliphatic rings.